The third-order valence-corrected chi connectivity index (χ3v) is 0.575. The fourth-order valence-electron chi connectivity index (χ4n) is 0.293. The van der Waals surface area contributed by atoms with Gasteiger partial charge in [0.25, 0.3) is 0 Å². The highest BCUT2D eigenvalue weighted by Gasteiger charge is 1.95. The van der Waals surface area contributed by atoms with Crippen molar-refractivity contribution < 1.29 is 14.7 Å². The van der Waals surface area contributed by atoms with Gasteiger partial charge in [0.1, 0.15) is 0 Å². The SMILES string of the molecule is Cl.NC(=O)CNCC(=O)O. The number of hydrogen-bond donors (Lipinski definition) is 3. The Morgan fingerprint density at radius 2 is 1.90 bits per heavy atom. The number of carbonyl (C=O) groups excluding carboxylic acids is 1. The van der Waals surface area contributed by atoms with Crippen LogP contribution in [0.25, 0.3) is 0 Å². The molecule has 0 saturated heterocycles. The first-order chi connectivity index (χ1) is 4.13. The van der Waals surface area contributed by atoms with E-state index < -0.39 is 11.9 Å². The molecule has 5 nitrogen and oxygen atoms in total. The summed E-state index contributed by atoms with van der Waals surface area (Å²) in [5, 5.41) is 10.3. The smallest absolute Gasteiger partial charge is 0.317 e. The first-order valence-electron chi connectivity index (χ1n) is 2.33. The summed E-state index contributed by atoms with van der Waals surface area (Å²) >= 11 is 0. The van der Waals surface area contributed by atoms with Crippen molar-refractivity contribution in [1.29, 1.82) is 0 Å². The summed E-state index contributed by atoms with van der Waals surface area (Å²) in [6.07, 6.45) is 0. The average molecular weight is 169 g/mol. The van der Waals surface area contributed by atoms with E-state index in [4.69, 9.17) is 5.11 Å². The molecule has 0 unspecified atom stereocenters. The van der Waals surface area contributed by atoms with Gasteiger partial charge in [-0.05, 0) is 0 Å². The van der Waals surface area contributed by atoms with E-state index in [0.717, 1.165) is 0 Å². The number of aliphatic carboxylic acids is 1. The van der Waals surface area contributed by atoms with E-state index >= 15 is 0 Å². The summed E-state index contributed by atoms with van der Waals surface area (Å²) < 4.78 is 0. The maximum Gasteiger partial charge on any atom is 0.317 e. The molecule has 0 aromatic heterocycles. The predicted molar refractivity (Wildman–Crippen MR) is 36.9 cm³/mol. The lowest BCUT2D eigenvalue weighted by molar-refractivity contribution is -0.135. The van der Waals surface area contributed by atoms with Gasteiger partial charge in [0, 0.05) is 0 Å². The quantitative estimate of drug-likeness (QED) is 0.480. The van der Waals surface area contributed by atoms with Crippen LogP contribution >= 0.6 is 12.4 Å². The molecule has 0 radical (unpaired) electrons. The van der Waals surface area contributed by atoms with Crippen molar-refractivity contribution >= 4 is 24.3 Å². The van der Waals surface area contributed by atoms with Crippen LogP contribution in [0.1, 0.15) is 0 Å². The zero-order valence-electron chi connectivity index (χ0n) is 5.16. The molecule has 0 spiro atoms. The standard InChI is InChI=1S/C4H8N2O3.ClH/c5-3(7)1-6-2-4(8)9;/h6H,1-2H2,(H2,5,7)(H,8,9);1H. The molecule has 0 aromatic carbocycles. The molecule has 10 heavy (non-hydrogen) atoms. The van der Waals surface area contributed by atoms with Crippen LogP contribution < -0.4 is 11.1 Å². The minimum Gasteiger partial charge on any atom is -0.480 e. The highest BCUT2D eigenvalue weighted by atomic mass is 35.5. The van der Waals surface area contributed by atoms with Crippen molar-refractivity contribution in [2.24, 2.45) is 5.73 Å². The average Bonchev–Trinajstić information content (AvgIpc) is 1.63. The van der Waals surface area contributed by atoms with Crippen LogP contribution in [0.15, 0.2) is 0 Å². The lowest BCUT2D eigenvalue weighted by Crippen LogP contribution is -2.32. The number of nitrogens with two attached hydrogens (primary N) is 1. The summed E-state index contributed by atoms with van der Waals surface area (Å²) in [7, 11) is 0. The van der Waals surface area contributed by atoms with Crippen LogP contribution in [-0.4, -0.2) is 30.1 Å². The number of rotatable bonds is 4. The molecule has 6 heteroatoms. The number of carboxylic acid groups (broad SMARTS) is 1. The van der Waals surface area contributed by atoms with Gasteiger partial charge in [-0.25, -0.2) is 0 Å². The van der Waals surface area contributed by atoms with Gasteiger partial charge >= 0.3 is 5.97 Å². The van der Waals surface area contributed by atoms with E-state index in [2.05, 4.69) is 11.1 Å². The summed E-state index contributed by atoms with van der Waals surface area (Å²) in [5.74, 6) is -1.56. The van der Waals surface area contributed by atoms with Gasteiger partial charge in [-0.15, -0.1) is 12.4 Å². The Labute approximate surface area is 64.0 Å². The van der Waals surface area contributed by atoms with Gasteiger partial charge in [0.05, 0.1) is 13.1 Å². The fraction of sp³-hybridized carbons (Fsp3) is 0.500. The number of carboxylic acids is 1. The van der Waals surface area contributed by atoms with E-state index in [1.807, 2.05) is 0 Å². The minimum atomic E-state index is -1.00. The van der Waals surface area contributed by atoms with Gasteiger partial charge in [-0.3, -0.25) is 14.9 Å². The third-order valence-electron chi connectivity index (χ3n) is 0.575. The highest BCUT2D eigenvalue weighted by Crippen LogP contribution is 1.58. The zero-order chi connectivity index (χ0) is 7.28. The van der Waals surface area contributed by atoms with Gasteiger partial charge in [0.2, 0.25) is 5.91 Å². The maximum absolute atomic E-state index is 9.95. The Bertz CT molecular complexity index is 114. The van der Waals surface area contributed by atoms with E-state index in [0.29, 0.717) is 0 Å². The van der Waals surface area contributed by atoms with Crippen LogP contribution in [0.5, 0.6) is 0 Å². The summed E-state index contributed by atoms with van der Waals surface area (Å²) in [5.41, 5.74) is 4.68. The molecule has 0 rings (SSSR count). The number of amides is 1. The molecule has 0 aliphatic carbocycles. The largest absolute Gasteiger partial charge is 0.480 e. The third kappa shape index (κ3) is 10.2. The summed E-state index contributed by atoms with van der Waals surface area (Å²) in [6.45, 7) is -0.324. The molecule has 0 heterocycles. The second-order valence-electron chi connectivity index (χ2n) is 1.46. The Morgan fingerprint density at radius 1 is 1.40 bits per heavy atom. The molecular weight excluding hydrogens is 160 g/mol. The maximum atomic E-state index is 9.95. The molecule has 1 amide bonds. The van der Waals surface area contributed by atoms with Crippen molar-refractivity contribution in [3.8, 4) is 0 Å². The Morgan fingerprint density at radius 3 is 2.20 bits per heavy atom. The van der Waals surface area contributed by atoms with Gasteiger partial charge in [-0.2, -0.15) is 0 Å². The van der Waals surface area contributed by atoms with Crippen LogP contribution in [0.3, 0.4) is 0 Å². The highest BCUT2D eigenvalue weighted by molar-refractivity contribution is 5.85. The van der Waals surface area contributed by atoms with Gasteiger partial charge in [-0.1, -0.05) is 0 Å². The van der Waals surface area contributed by atoms with Crippen molar-refractivity contribution in [3.05, 3.63) is 0 Å². The van der Waals surface area contributed by atoms with Crippen molar-refractivity contribution in [3.63, 3.8) is 0 Å². The summed E-state index contributed by atoms with van der Waals surface area (Å²) in [4.78, 5) is 19.7. The van der Waals surface area contributed by atoms with E-state index in [9.17, 15) is 9.59 Å². The normalized spacial score (nSPS) is 8.00. The molecule has 0 fully saturated rings. The Kier molecular flexibility index (Phi) is 7.53. The number of hydrogen-bond acceptors (Lipinski definition) is 3. The molecule has 0 saturated carbocycles. The molecular formula is C4H9ClN2O3. The number of carbonyl (C=O) groups is 2. The van der Waals surface area contributed by atoms with Crippen LogP contribution in [0.4, 0.5) is 0 Å². The molecule has 0 aromatic rings. The van der Waals surface area contributed by atoms with Gasteiger partial charge in [0.15, 0.2) is 0 Å². The summed E-state index contributed by atoms with van der Waals surface area (Å²) in [6, 6.07) is 0. The fourth-order valence-corrected chi connectivity index (χ4v) is 0.293. The minimum absolute atomic E-state index is 0. The monoisotopic (exact) mass is 168 g/mol. The molecule has 4 N–H and O–H groups in total. The Hall–Kier alpha value is -0.810. The molecule has 60 valence electrons. The first kappa shape index (κ1) is 11.9. The van der Waals surface area contributed by atoms with Crippen LogP contribution in [0.2, 0.25) is 0 Å². The second kappa shape index (κ2) is 6.31. The lowest BCUT2D eigenvalue weighted by Gasteiger charge is -1.94. The number of nitrogens with one attached hydrogen (secondary N) is 1. The lowest BCUT2D eigenvalue weighted by atomic mass is 10.5. The second-order valence-corrected chi connectivity index (χ2v) is 1.46. The van der Waals surface area contributed by atoms with E-state index in [1.165, 1.54) is 0 Å². The van der Waals surface area contributed by atoms with Crippen molar-refractivity contribution in [1.82, 2.24) is 5.32 Å². The zero-order valence-corrected chi connectivity index (χ0v) is 5.98. The first-order valence-corrected chi connectivity index (χ1v) is 2.33. The van der Waals surface area contributed by atoms with Crippen LogP contribution in [0, 0.1) is 0 Å². The van der Waals surface area contributed by atoms with Gasteiger partial charge < -0.3 is 10.8 Å². The molecule has 0 atom stereocenters. The predicted octanol–water partition coefficient (Wildman–Crippen LogP) is -1.43. The Balaban J connectivity index is 0. The van der Waals surface area contributed by atoms with E-state index in [1.54, 1.807) is 0 Å². The molecule has 0 bridgehead atoms. The van der Waals surface area contributed by atoms with Crippen molar-refractivity contribution in [2.45, 2.75) is 0 Å². The molecule has 0 aliphatic heterocycles. The molecule has 0 aliphatic rings. The number of halogens is 1. The van der Waals surface area contributed by atoms with E-state index in [-0.39, 0.29) is 25.5 Å². The number of primary amides is 1. The topological polar surface area (TPSA) is 92.4 Å². The van der Waals surface area contributed by atoms with Crippen LogP contribution in [-0.2, 0) is 9.59 Å². The van der Waals surface area contributed by atoms with Crippen molar-refractivity contribution in [2.75, 3.05) is 13.1 Å².